The first-order valence-corrected chi connectivity index (χ1v) is 5.37. The van der Waals surface area contributed by atoms with Crippen LogP contribution in [0.25, 0.3) is 0 Å². The summed E-state index contributed by atoms with van der Waals surface area (Å²) < 4.78 is 0. The fourth-order valence-corrected chi connectivity index (χ4v) is 1.87. The third-order valence-electron chi connectivity index (χ3n) is 1.76. The second kappa shape index (κ2) is 4.98. The van der Waals surface area contributed by atoms with E-state index in [1.54, 1.807) is 0 Å². The van der Waals surface area contributed by atoms with Crippen molar-refractivity contribution in [3.8, 4) is 0 Å². The van der Waals surface area contributed by atoms with Crippen LogP contribution in [0, 0.1) is 6.92 Å². The summed E-state index contributed by atoms with van der Waals surface area (Å²) in [6, 6.07) is 5.51. The number of hydrogen-bond donors (Lipinski definition) is 1. The third kappa shape index (κ3) is 3.75. The maximum Gasteiger partial charge on any atom is 0.221 e. The molecule has 0 aliphatic carbocycles. The standard InChI is InChI=1S/C11H13NO2S/c1-7-4-5-10(12-8(2)13)6-11(7)15-9(3)14/h4-6H,1-3H3,(H,12,13). The van der Waals surface area contributed by atoms with Gasteiger partial charge in [-0.1, -0.05) is 17.8 Å². The Kier molecular flexibility index (Phi) is 3.91. The van der Waals surface area contributed by atoms with Crippen molar-refractivity contribution in [1.29, 1.82) is 0 Å². The van der Waals surface area contributed by atoms with Gasteiger partial charge in [-0.25, -0.2) is 0 Å². The highest BCUT2D eigenvalue weighted by Gasteiger charge is 2.04. The number of carbonyl (C=O) groups excluding carboxylic acids is 2. The van der Waals surface area contributed by atoms with E-state index in [0.29, 0.717) is 0 Å². The highest BCUT2D eigenvalue weighted by molar-refractivity contribution is 8.13. The molecule has 0 atom stereocenters. The molecule has 3 nitrogen and oxygen atoms in total. The van der Waals surface area contributed by atoms with E-state index in [9.17, 15) is 9.59 Å². The van der Waals surface area contributed by atoms with Crippen molar-refractivity contribution in [1.82, 2.24) is 0 Å². The molecule has 1 rings (SSSR count). The molecule has 15 heavy (non-hydrogen) atoms. The molecule has 1 amide bonds. The molecule has 0 bridgehead atoms. The van der Waals surface area contributed by atoms with E-state index in [0.717, 1.165) is 16.1 Å². The van der Waals surface area contributed by atoms with E-state index in [1.807, 2.05) is 25.1 Å². The number of rotatable bonds is 2. The van der Waals surface area contributed by atoms with Crippen LogP contribution in [-0.4, -0.2) is 11.0 Å². The molecule has 0 aromatic heterocycles. The van der Waals surface area contributed by atoms with Gasteiger partial charge in [0.2, 0.25) is 5.91 Å². The summed E-state index contributed by atoms with van der Waals surface area (Å²) in [6.07, 6.45) is 0. The fourth-order valence-electron chi connectivity index (χ4n) is 1.15. The van der Waals surface area contributed by atoms with E-state index in [2.05, 4.69) is 5.32 Å². The van der Waals surface area contributed by atoms with E-state index in [-0.39, 0.29) is 11.0 Å². The molecule has 0 aliphatic heterocycles. The Morgan fingerprint density at radius 2 is 1.93 bits per heavy atom. The van der Waals surface area contributed by atoms with Gasteiger partial charge in [0.25, 0.3) is 0 Å². The lowest BCUT2D eigenvalue weighted by Gasteiger charge is -2.07. The van der Waals surface area contributed by atoms with E-state index in [1.165, 1.54) is 25.6 Å². The normalized spacial score (nSPS) is 9.80. The molecule has 80 valence electrons. The molecular formula is C11H13NO2S. The van der Waals surface area contributed by atoms with Crippen LogP contribution in [0.3, 0.4) is 0 Å². The lowest BCUT2D eigenvalue weighted by Crippen LogP contribution is -2.05. The van der Waals surface area contributed by atoms with Crippen molar-refractivity contribution < 1.29 is 9.59 Å². The highest BCUT2D eigenvalue weighted by Crippen LogP contribution is 2.26. The number of thioether (sulfide) groups is 1. The van der Waals surface area contributed by atoms with Gasteiger partial charge >= 0.3 is 0 Å². The zero-order valence-corrected chi connectivity index (χ0v) is 9.77. The maximum absolute atomic E-state index is 11.0. The molecule has 0 unspecified atom stereocenters. The van der Waals surface area contributed by atoms with Gasteiger partial charge in [-0.2, -0.15) is 0 Å². The van der Waals surface area contributed by atoms with Gasteiger partial charge in [0.05, 0.1) is 0 Å². The lowest BCUT2D eigenvalue weighted by molar-refractivity contribution is -0.114. The zero-order valence-electron chi connectivity index (χ0n) is 8.96. The van der Waals surface area contributed by atoms with Crippen LogP contribution in [0.1, 0.15) is 19.4 Å². The predicted octanol–water partition coefficient (Wildman–Crippen LogP) is 2.59. The number of aryl methyl sites for hydroxylation is 1. The van der Waals surface area contributed by atoms with Crippen molar-refractivity contribution in [3.05, 3.63) is 23.8 Å². The second-order valence-electron chi connectivity index (χ2n) is 3.26. The fraction of sp³-hybridized carbons (Fsp3) is 0.273. The van der Waals surface area contributed by atoms with Crippen LogP contribution in [0.5, 0.6) is 0 Å². The van der Waals surface area contributed by atoms with Gasteiger partial charge in [-0.15, -0.1) is 0 Å². The number of anilines is 1. The van der Waals surface area contributed by atoms with E-state index < -0.39 is 0 Å². The molecule has 4 heteroatoms. The summed E-state index contributed by atoms with van der Waals surface area (Å²) in [7, 11) is 0. The molecule has 0 spiro atoms. The quantitative estimate of drug-likeness (QED) is 0.784. The van der Waals surface area contributed by atoms with Gasteiger partial charge in [0.1, 0.15) is 0 Å². The Bertz CT molecular complexity index is 402. The van der Waals surface area contributed by atoms with Crippen molar-refractivity contribution in [2.24, 2.45) is 0 Å². The Morgan fingerprint density at radius 3 is 2.47 bits per heavy atom. The van der Waals surface area contributed by atoms with Crippen molar-refractivity contribution in [2.75, 3.05) is 5.32 Å². The number of benzene rings is 1. The monoisotopic (exact) mass is 223 g/mol. The van der Waals surface area contributed by atoms with Crippen LogP contribution >= 0.6 is 11.8 Å². The number of hydrogen-bond acceptors (Lipinski definition) is 3. The molecule has 1 N–H and O–H groups in total. The highest BCUT2D eigenvalue weighted by atomic mass is 32.2. The van der Waals surface area contributed by atoms with Crippen LogP contribution in [-0.2, 0) is 9.59 Å². The average Bonchev–Trinajstić information content (AvgIpc) is 2.09. The first kappa shape index (κ1) is 11.8. The molecule has 0 heterocycles. The molecule has 0 saturated carbocycles. The van der Waals surface area contributed by atoms with Crippen molar-refractivity contribution in [3.63, 3.8) is 0 Å². The lowest BCUT2D eigenvalue weighted by atomic mass is 10.2. The summed E-state index contributed by atoms with van der Waals surface area (Å²) >= 11 is 1.18. The van der Waals surface area contributed by atoms with Crippen molar-refractivity contribution >= 4 is 28.5 Å². The Labute approximate surface area is 93.3 Å². The third-order valence-corrected chi connectivity index (χ3v) is 2.71. The summed E-state index contributed by atoms with van der Waals surface area (Å²) in [5, 5.41) is 2.72. The number of carbonyl (C=O) groups is 2. The Hall–Kier alpha value is -1.29. The molecule has 0 fully saturated rings. The summed E-state index contributed by atoms with van der Waals surface area (Å²) in [4.78, 5) is 22.7. The Balaban J connectivity index is 2.94. The van der Waals surface area contributed by atoms with E-state index in [4.69, 9.17) is 0 Å². The van der Waals surface area contributed by atoms with Crippen LogP contribution in [0.2, 0.25) is 0 Å². The zero-order chi connectivity index (χ0) is 11.4. The van der Waals surface area contributed by atoms with Crippen molar-refractivity contribution in [2.45, 2.75) is 25.7 Å². The maximum atomic E-state index is 11.0. The minimum absolute atomic E-state index is 0.0399. The molecule has 0 radical (unpaired) electrons. The molecular weight excluding hydrogens is 210 g/mol. The molecule has 0 saturated heterocycles. The minimum Gasteiger partial charge on any atom is -0.326 e. The topological polar surface area (TPSA) is 46.2 Å². The summed E-state index contributed by atoms with van der Waals surface area (Å²) in [6.45, 7) is 4.91. The smallest absolute Gasteiger partial charge is 0.221 e. The van der Waals surface area contributed by atoms with E-state index >= 15 is 0 Å². The first-order chi connectivity index (χ1) is 6.99. The molecule has 1 aromatic carbocycles. The van der Waals surface area contributed by atoms with Gasteiger partial charge in [-0.05, 0) is 24.6 Å². The summed E-state index contributed by atoms with van der Waals surface area (Å²) in [5.74, 6) is -0.113. The number of nitrogens with one attached hydrogen (secondary N) is 1. The Morgan fingerprint density at radius 1 is 1.27 bits per heavy atom. The predicted molar refractivity (Wildman–Crippen MR) is 62.0 cm³/mol. The largest absolute Gasteiger partial charge is 0.326 e. The van der Waals surface area contributed by atoms with Gasteiger partial charge in [0.15, 0.2) is 5.12 Å². The average molecular weight is 223 g/mol. The SMILES string of the molecule is CC(=O)Nc1ccc(C)c(SC(C)=O)c1. The number of amides is 1. The summed E-state index contributed by atoms with van der Waals surface area (Å²) in [5.41, 5.74) is 1.75. The molecule has 0 aliphatic rings. The second-order valence-corrected chi connectivity index (χ2v) is 4.47. The van der Waals surface area contributed by atoms with Crippen LogP contribution in [0.15, 0.2) is 23.1 Å². The van der Waals surface area contributed by atoms with Gasteiger partial charge in [0, 0.05) is 24.4 Å². The molecule has 1 aromatic rings. The van der Waals surface area contributed by atoms with Gasteiger partial charge < -0.3 is 5.32 Å². The first-order valence-electron chi connectivity index (χ1n) is 4.55. The van der Waals surface area contributed by atoms with Gasteiger partial charge in [-0.3, -0.25) is 9.59 Å². The van der Waals surface area contributed by atoms with Crippen LogP contribution < -0.4 is 5.32 Å². The van der Waals surface area contributed by atoms with Crippen LogP contribution in [0.4, 0.5) is 5.69 Å². The minimum atomic E-state index is -0.113.